The van der Waals surface area contributed by atoms with E-state index in [2.05, 4.69) is 30.9 Å². The number of tetrazole rings is 1. The molecule has 0 saturated heterocycles. The number of halogens is 3. The third kappa shape index (κ3) is 2.89. The lowest BCUT2D eigenvalue weighted by molar-refractivity contribution is -0.141. The smallest absolute Gasteiger partial charge is 0.396 e. The molecule has 0 radical (unpaired) electrons. The highest BCUT2D eigenvalue weighted by Gasteiger charge is 2.33. The number of hydrogen-bond acceptors (Lipinski definition) is 6. The van der Waals surface area contributed by atoms with Gasteiger partial charge in [0, 0.05) is 0 Å². The van der Waals surface area contributed by atoms with Crippen molar-refractivity contribution in [2.24, 2.45) is 0 Å². The minimum Gasteiger partial charge on any atom is -0.396 e. The fourth-order valence-corrected chi connectivity index (χ4v) is 1.40. The van der Waals surface area contributed by atoms with Gasteiger partial charge in [-0.25, -0.2) is 4.98 Å². The van der Waals surface area contributed by atoms with Crippen molar-refractivity contribution in [1.82, 2.24) is 25.6 Å². The molecule has 0 bridgehead atoms. The van der Waals surface area contributed by atoms with Gasteiger partial charge in [0.05, 0.1) is 23.6 Å². The molecule has 0 fully saturated rings. The second-order valence-corrected chi connectivity index (χ2v) is 3.79. The number of rotatable bonds is 3. The van der Waals surface area contributed by atoms with Gasteiger partial charge in [0.25, 0.3) is 0 Å². The summed E-state index contributed by atoms with van der Waals surface area (Å²) in [6.45, 7) is 1.66. The van der Waals surface area contributed by atoms with Gasteiger partial charge in [-0.2, -0.15) is 18.4 Å². The number of nitrogen functional groups attached to an aromatic ring is 1. The number of nitrogens with two attached hydrogens (primary N) is 1. The van der Waals surface area contributed by atoms with Crippen molar-refractivity contribution in [3.8, 4) is 0 Å². The summed E-state index contributed by atoms with van der Waals surface area (Å²) in [7, 11) is 0. The summed E-state index contributed by atoms with van der Waals surface area (Å²) >= 11 is 0. The van der Waals surface area contributed by atoms with E-state index in [1.54, 1.807) is 6.92 Å². The lowest BCUT2D eigenvalue weighted by Gasteiger charge is -2.15. The summed E-state index contributed by atoms with van der Waals surface area (Å²) in [4.78, 5) is 3.24. The first-order valence-electron chi connectivity index (χ1n) is 5.20. The Labute approximate surface area is 105 Å². The minimum atomic E-state index is -4.53. The van der Waals surface area contributed by atoms with Crippen LogP contribution in [0.5, 0.6) is 0 Å². The number of alkyl halides is 3. The molecule has 0 aliphatic rings. The Morgan fingerprint density at radius 2 is 2.16 bits per heavy atom. The van der Waals surface area contributed by atoms with E-state index in [0.717, 1.165) is 12.3 Å². The van der Waals surface area contributed by atoms with E-state index in [0.29, 0.717) is 5.82 Å². The van der Waals surface area contributed by atoms with E-state index in [1.165, 1.54) is 0 Å². The van der Waals surface area contributed by atoms with Gasteiger partial charge in [0.1, 0.15) is 5.69 Å². The molecule has 0 amide bonds. The molecular weight excluding hydrogens is 263 g/mol. The fraction of sp³-hybridized carbons (Fsp3) is 0.333. The fourth-order valence-electron chi connectivity index (χ4n) is 1.40. The van der Waals surface area contributed by atoms with E-state index in [-0.39, 0.29) is 11.4 Å². The molecule has 1 unspecified atom stereocenters. The molecule has 2 aromatic heterocycles. The molecule has 4 N–H and O–H groups in total. The molecule has 2 rings (SSSR count). The highest BCUT2D eigenvalue weighted by atomic mass is 19.4. The molecule has 0 aromatic carbocycles. The first-order valence-corrected chi connectivity index (χ1v) is 5.20. The monoisotopic (exact) mass is 273 g/mol. The van der Waals surface area contributed by atoms with Crippen LogP contribution in [0.1, 0.15) is 24.5 Å². The molecule has 10 heteroatoms. The third-order valence-corrected chi connectivity index (χ3v) is 2.35. The summed E-state index contributed by atoms with van der Waals surface area (Å²) in [5, 5.41) is 15.8. The second kappa shape index (κ2) is 4.71. The Morgan fingerprint density at radius 3 is 2.74 bits per heavy atom. The van der Waals surface area contributed by atoms with E-state index < -0.39 is 17.9 Å². The predicted molar refractivity (Wildman–Crippen MR) is 59.9 cm³/mol. The zero-order chi connectivity index (χ0) is 14.0. The van der Waals surface area contributed by atoms with Crippen LogP contribution in [0.25, 0.3) is 0 Å². The standard InChI is InChI=1S/C9H10F3N7/c1-4(8-16-18-19-17-8)15-6-2-7(9(10,11)12)14-3-5(6)13/h2-4H,13H2,1H3,(H,14,15)(H,16,17,18,19). The van der Waals surface area contributed by atoms with Gasteiger partial charge in [-0.15, -0.1) is 10.2 Å². The summed E-state index contributed by atoms with van der Waals surface area (Å²) in [6, 6.07) is 0.385. The van der Waals surface area contributed by atoms with Gasteiger partial charge in [0.2, 0.25) is 0 Å². The normalized spacial score (nSPS) is 13.3. The van der Waals surface area contributed by atoms with Gasteiger partial charge < -0.3 is 11.1 Å². The molecule has 0 aliphatic heterocycles. The van der Waals surface area contributed by atoms with Crippen LogP contribution in [0, 0.1) is 0 Å². The Morgan fingerprint density at radius 1 is 1.42 bits per heavy atom. The number of pyridine rings is 1. The summed E-state index contributed by atoms with van der Waals surface area (Å²) in [5.74, 6) is 0.310. The van der Waals surface area contributed by atoms with Crippen molar-refractivity contribution < 1.29 is 13.2 Å². The van der Waals surface area contributed by atoms with Crippen molar-refractivity contribution >= 4 is 11.4 Å². The van der Waals surface area contributed by atoms with Crippen LogP contribution in [-0.4, -0.2) is 25.6 Å². The molecule has 102 valence electrons. The van der Waals surface area contributed by atoms with Crippen LogP contribution in [-0.2, 0) is 6.18 Å². The van der Waals surface area contributed by atoms with Crippen molar-refractivity contribution in [3.63, 3.8) is 0 Å². The number of hydrogen-bond donors (Lipinski definition) is 3. The van der Waals surface area contributed by atoms with E-state index in [1.807, 2.05) is 0 Å². The van der Waals surface area contributed by atoms with Crippen LogP contribution < -0.4 is 11.1 Å². The summed E-state index contributed by atoms with van der Waals surface area (Å²) in [5.41, 5.74) is 4.77. The van der Waals surface area contributed by atoms with Crippen LogP contribution >= 0.6 is 0 Å². The number of anilines is 2. The second-order valence-electron chi connectivity index (χ2n) is 3.79. The molecule has 0 saturated carbocycles. The molecule has 1 atom stereocenters. The minimum absolute atomic E-state index is 0.100. The molecule has 2 heterocycles. The van der Waals surface area contributed by atoms with E-state index >= 15 is 0 Å². The number of aromatic nitrogens is 5. The highest BCUT2D eigenvalue weighted by molar-refractivity contribution is 5.65. The number of nitrogens with one attached hydrogen (secondary N) is 2. The zero-order valence-corrected chi connectivity index (χ0v) is 9.73. The van der Waals surface area contributed by atoms with Crippen molar-refractivity contribution in [2.75, 3.05) is 11.1 Å². The van der Waals surface area contributed by atoms with Crippen molar-refractivity contribution in [1.29, 1.82) is 0 Å². The van der Waals surface area contributed by atoms with Crippen molar-refractivity contribution in [3.05, 3.63) is 23.8 Å². The van der Waals surface area contributed by atoms with Gasteiger partial charge in [-0.3, -0.25) is 0 Å². The summed E-state index contributed by atoms with van der Waals surface area (Å²) in [6.07, 6.45) is -3.58. The maximum atomic E-state index is 12.5. The van der Waals surface area contributed by atoms with Crippen LogP contribution in [0.4, 0.5) is 24.5 Å². The highest BCUT2D eigenvalue weighted by Crippen LogP contribution is 2.32. The average Bonchev–Trinajstić information content (AvgIpc) is 2.84. The topological polar surface area (TPSA) is 105 Å². The molecule has 0 spiro atoms. The van der Waals surface area contributed by atoms with Crippen molar-refractivity contribution in [2.45, 2.75) is 19.1 Å². The predicted octanol–water partition coefficient (Wildman–Crippen LogP) is 1.37. The average molecular weight is 273 g/mol. The van der Waals surface area contributed by atoms with Gasteiger partial charge in [-0.05, 0) is 13.0 Å². The largest absolute Gasteiger partial charge is 0.433 e. The van der Waals surface area contributed by atoms with Crippen LogP contribution in [0.3, 0.4) is 0 Å². The van der Waals surface area contributed by atoms with E-state index in [4.69, 9.17) is 5.73 Å². The maximum Gasteiger partial charge on any atom is 0.433 e. The quantitative estimate of drug-likeness (QED) is 0.780. The number of aromatic amines is 1. The SMILES string of the molecule is CC(Nc1cc(C(F)(F)F)ncc1N)c1nn[nH]n1. The Bertz CT molecular complexity index is 551. The number of nitrogens with zero attached hydrogens (tertiary/aromatic N) is 4. The lowest BCUT2D eigenvalue weighted by atomic mass is 10.2. The van der Waals surface area contributed by atoms with Gasteiger partial charge in [0.15, 0.2) is 5.82 Å². The Kier molecular flexibility index (Phi) is 3.23. The molecule has 2 aromatic rings. The Balaban J connectivity index is 2.25. The Hall–Kier alpha value is -2.39. The van der Waals surface area contributed by atoms with E-state index in [9.17, 15) is 13.2 Å². The van der Waals surface area contributed by atoms with Gasteiger partial charge >= 0.3 is 6.18 Å². The van der Waals surface area contributed by atoms with Gasteiger partial charge in [-0.1, -0.05) is 5.21 Å². The van der Waals surface area contributed by atoms with Crippen LogP contribution in [0.15, 0.2) is 12.3 Å². The van der Waals surface area contributed by atoms with Crippen LogP contribution in [0.2, 0.25) is 0 Å². The lowest BCUT2D eigenvalue weighted by Crippen LogP contribution is -2.13. The molecular formula is C9H10F3N7. The molecule has 0 aliphatic carbocycles. The first-order chi connectivity index (χ1) is 8.88. The number of H-pyrrole nitrogens is 1. The summed E-state index contributed by atoms with van der Waals surface area (Å²) < 4.78 is 37.6. The molecule has 19 heavy (non-hydrogen) atoms. The third-order valence-electron chi connectivity index (χ3n) is 2.35. The molecule has 7 nitrogen and oxygen atoms in total. The maximum absolute atomic E-state index is 12.5. The first kappa shape index (κ1) is 13.1. The zero-order valence-electron chi connectivity index (χ0n) is 9.73.